The van der Waals surface area contributed by atoms with Crippen molar-refractivity contribution < 1.29 is 27.2 Å². The van der Waals surface area contributed by atoms with Crippen LogP contribution in [0.3, 0.4) is 0 Å². The molecule has 2 aliphatic heterocycles. The Morgan fingerprint density at radius 3 is 2.36 bits per heavy atom. The predicted octanol–water partition coefficient (Wildman–Crippen LogP) is 3.33. The molecule has 3 fully saturated rings. The second-order valence-corrected chi connectivity index (χ2v) is 11.1. The van der Waals surface area contributed by atoms with E-state index in [-0.39, 0.29) is 25.0 Å². The Labute approximate surface area is 228 Å². The summed E-state index contributed by atoms with van der Waals surface area (Å²) in [6, 6.07) is 2.76. The molecule has 8 nitrogen and oxygen atoms in total. The van der Waals surface area contributed by atoms with Crippen molar-refractivity contribution in [2.24, 2.45) is 5.73 Å². The molecule has 212 valence electrons. The van der Waals surface area contributed by atoms with E-state index in [1.54, 1.807) is 6.92 Å². The normalized spacial score (nSPS) is 23.0. The molecule has 13 heteroatoms. The quantitative estimate of drug-likeness (QED) is 0.516. The highest BCUT2D eigenvalue weighted by Gasteiger charge is 2.44. The number of aromatic nitrogens is 2. The number of alkyl halides is 3. The number of hydrogen-bond donors (Lipinski definition) is 1. The molecule has 3 aliphatic rings. The van der Waals surface area contributed by atoms with Crippen LogP contribution < -0.4 is 5.73 Å². The molecular formula is C26H31ClF4N6O2. The van der Waals surface area contributed by atoms with Gasteiger partial charge in [0.1, 0.15) is 18.1 Å². The van der Waals surface area contributed by atoms with Gasteiger partial charge in [-0.05, 0) is 55.5 Å². The van der Waals surface area contributed by atoms with Gasteiger partial charge in [0.05, 0.1) is 18.3 Å². The number of piperazine rings is 1. The van der Waals surface area contributed by atoms with Crippen LogP contribution in [0, 0.1) is 12.7 Å². The topological polar surface area (TPSA) is 87.7 Å². The number of benzene rings is 1. The molecule has 2 amide bonds. The standard InChI is InChI=1S/C26H31ClF4N6O2/c1-15-10-17(28)11-18(24(15)27)25-20(35-8-6-34(7-9-35)13-22(32)38)4-5-36(25)23(39)14-37-21(26(29,30)31)12-19(33-37)16-2-3-16/h10-12,16,20,25H,2-9,13-14H2,1H3,(H2,32,38)/t20-,25-/m1/s1. The third-order valence-corrected chi connectivity index (χ3v) is 8.39. The summed E-state index contributed by atoms with van der Waals surface area (Å²) in [5, 5.41) is 4.47. The van der Waals surface area contributed by atoms with Gasteiger partial charge in [-0.25, -0.2) is 4.39 Å². The predicted molar refractivity (Wildman–Crippen MR) is 135 cm³/mol. The molecule has 1 saturated carbocycles. The Bertz CT molecular complexity index is 1260. The SMILES string of the molecule is Cc1cc(F)cc([C@@H]2[C@H](N3CCN(CC(N)=O)CC3)CCN2C(=O)Cn2nc(C3CC3)cc2C(F)(F)F)c1Cl. The number of rotatable bonds is 7. The second kappa shape index (κ2) is 10.7. The van der Waals surface area contributed by atoms with Crippen molar-refractivity contribution in [3.8, 4) is 0 Å². The minimum atomic E-state index is -4.65. The van der Waals surface area contributed by atoms with E-state index in [2.05, 4.69) is 10.00 Å². The molecule has 2 aromatic rings. The largest absolute Gasteiger partial charge is 0.433 e. The highest BCUT2D eigenvalue weighted by Crippen LogP contribution is 2.43. The Balaban J connectivity index is 1.43. The van der Waals surface area contributed by atoms with Crippen LogP contribution in [-0.2, 0) is 22.3 Å². The van der Waals surface area contributed by atoms with E-state index in [1.807, 2.05) is 4.90 Å². The zero-order chi connectivity index (χ0) is 28.1. The fraction of sp³-hybridized carbons (Fsp3) is 0.577. The van der Waals surface area contributed by atoms with Crippen LogP contribution in [0.5, 0.6) is 0 Å². The number of primary amides is 1. The van der Waals surface area contributed by atoms with Crippen molar-refractivity contribution in [2.75, 3.05) is 39.3 Å². The van der Waals surface area contributed by atoms with Crippen LogP contribution in [0.15, 0.2) is 18.2 Å². The van der Waals surface area contributed by atoms with Crippen molar-refractivity contribution in [2.45, 2.75) is 56.9 Å². The average Bonchev–Trinajstić information content (AvgIpc) is 3.46. The van der Waals surface area contributed by atoms with Crippen LogP contribution in [0.2, 0.25) is 5.02 Å². The summed E-state index contributed by atoms with van der Waals surface area (Å²) in [4.78, 5) is 30.6. The van der Waals surface area contributed by atoms with Gasteiger partial charge >= 0.3 is 6.18 Å². The van der Waals surface area contributed by atoms with Gasteiger partial charge in [0, 0.05) is 49.7 Å². The lowest BCUT2D eigenvalue weighted by molar-refractivity contribution is -0.146. The molecule has 0 radical (unpaired) electrons. The lowest BCUT2D eigenvalue weighted by atomic mass is 9.96. The monoisotopic (exact) mass is 570 g/mol. The van der Waals surface area contributed by atoms with E-state index in [0.29, 0.717) is 54.4 Å². The molecule has 2 saturated heterocycles. The van der Waals surface area contributed by atoms with Crippen LogP contribution in [0.25, 0.3) is 0 Å². The van der Waals surface area contributed by atoms with E-state index in [1.165, 1.54) is 17.0 Å². The van der Waals surface area contributed by atoms with Crippen LogP contribution in [0.1, 0.15) is 53.7 Å². The van der Waals surface area contributed by atoms with Gasteiger partial charge in [-0.1, -0.05) is 11.6 Å². The molecule has 1 aliphatic carbocycles. The first kappa shape index (κ1) is 27.9. The number of amides is 2. The number of hydrogen-bond acceptors (Lipinski definition) is 5. The third-order valence-electron chi connectivity index (χ3n) is 7.88. The smallest absolute Gasteiger partial charge is 0.369 e. The van der Waals surface area contributed by atoms with Gasteiger partial charge in [-0.3, -0.25) is 24.1 Å². The van der Waals surface area contributed by atoms with Crippen molar-refractivity contribution in [3.05, 3.63) is 51.6 Å². The minimum Gasteiger partial charge on any atom is -0.369 e. The maximum Gasteiger partial charge on any atom is 0.433 e. The highest BCUT2D eigenvalue weighted by molar-refractivity contribution is 6.32. The molecule has 0 spiro atoms. The Kier molecular flexibility index (Phi) is 7.64. The maximum absolute atomic E-state index is 14.6. The third kappa shape index (κ3) is 5.92. The van der Waals surface area contributed by atoms with Gasteiger partial charge < -0.3 is 10.6 Å². The molecule has 2 atom stereocenters. The Hall–Kier alpha value is -2.70. The number of halogens is 5. The fourth-order valence-corrected chi connectivity index (χ4v) is 6.06. The Morgan fingerprint density at radius 1 is 1.05 bits per heavy atom. The number of aryl methyl sites for hydroxylation is 1. The first-order chi connectivity index (χ1) is 18.4. The summed E-state index contributed by atoms with van der Waals surface area (Å²) in [7, 11) is 0. The molecule has 0 bridgehead atoms. The van der Waals surface area contributed by atoms with Crippen molar-refractivity contribution in [1.29, 1.82) is 0 Å². The van der Waals surface area contributed by atoms with E-state index in [0.717, 1.165) is 23.6 Å². The molecule has 1 aromatic carbocycles. The Morgan fingerprint density at radius 2 is 1.74 bits per heavy atom. The van der Waals surface area contributed by atoms with Crippen LogP contribution in [-0.4, -0.2) is 81.6 Å². The van der Waals surface area contributed by atoms with Crippen LogP contribution >= 0.6 is 11.6 Å². The van der Waals surface area contributed by atoms with Gasteiger partial charge in [0.25, 0.3) is 0 Å². The first-order valence-corrected chi connectivity index (χ1v) is 13.4. The summed E-state index contributed by atoms with van der Waals surface area (Å²) in [5.74, 6) is -1.46. The number of nitrogens with two attached hydrogens (primary N) is 1. The van der Waals surface area contributed by atoms with Crippen molar-refractivity contribution in [3.63, 3.8) is 0 Å². The van der Waals surface area contributed by atoms with Gasteiger partial charge in [0.2, 0.25) is 11.8 Å². The summed E-state index contributed by atoms with van der Waals surface area (Å²) in [6.07, 6.45) is -2.55. The first-order valence-electron chi connectivity index (χ1n) is 13.1. The molecule has 0 unspecified atom stereocenters. The number of nitrogens with zero attached hydrogens (tertiary/aromatic N) is 5. The minimum absolute atomic E-state index is 0.00586. The number of carbonyl (C=O) groups is 2. The zero-order valence-corrected chi connectivity index (χ0v) is 22.3. The van der Waals surface area contributed by atoms with Crippen molar-refractivity contribution in [1.82, 2.24) is 24.5 Å². The number of likely N-dealkylation sites (tertiary alicyclic amines) is 1. The maximum atomic E-state index is 14.6. The molecule has 1 aromatic heterocycles. The summed E-state index contributed by atoms with van der Waals surface area (Å²) in [6.45, 7) is 3.87. The van der Waals surface area contributed by atoms with Crippen molar-refractivity contribution >= 4 is 23.4 Å². The van der Waals surface area contributed by atoms with E-state index < -0.39 is 42.1 Å². The van der Waals surface area contributed by atoms with Crippen LogP contribution in [0.4, 0.5) is 17.6 Å². The summed E-state index contributed by atoms with van der Waals surface area (Å²) < 4.78 is 56.7. The lowest BCUT2D eigenvalue weighted by Crippen LogP contribution is -2.53. The molecule has 5 rings (SSSR count). The van der Waals surface area contributed by atoms with E-state index in [9.17, 15) is 27.2 Å². The second-order valence-electron chi connectivity index (χ2n) is 10.7. The van der Waals surface area contributed by atoms with Gasteiger partial charge in [-0.15, -0.1) is 0 Å². The molecule has 39 heavy (non-hydrogen) atoms. The molecule has 3 heterocycles. The van der Waals surface area contributed by atoms with E-state index in [4.69, 9.17) is 17.3 Å². The van der Waals surface area contributed by atoms with Gasteiger partial charge in [0.15, 0.2) is 0 Å². The summed E-state index contributed by atoms with van der Waals surface area (Å²) in [5.41, 5.74) is 5.67. The van der Waals surface area contributed by atoms with Gasteiger partial charge in [-0.2, -0.15) is 18.3 Å². The lowest BCUT2D eigenvalue weighted by Gasteiger charge is -2.41. The summed E-state index contributed by atoms with van der Waals surface area (Å²) >= 11 is 6.64. The van der Waals surface area contributed by atoms with E-state index >= 15 is 0 Å². The molecular weight excluding hydrogens is 540 g/mol. The highest BCUT2D eigenvalue weighted by atomic mass is 35.5. The fourth-order valence-electron chi connectivity index (χ4n) is 5.84. The molecule has 2 N–H and O–H groups in total. The number of carbonyl (C=O) groups excluding carboxylic acids is 2. The zero-order valence-electron chi connectivity index (χ0n) is 21.6. The average molecular weight is 571 g/mol.